The Labute approximate surface area is 123 Å². The van der Waals surface area contributed by atoms with Gasteiger partial charge in [0, 0.05) is 17.7 Å². The fourth-order valence-electron chi connectivity index (χ4n) is 3.12. The van der Waals surface area contributed by atoms with Crippen molar-refractivity contribution in [2.24, 2.45) is 5.73 Å². The summed E-state index contributed by atoms with van der Waals surface area (Å²) < 4.78 is 5.74. The third-order valence-electron chi connectivity index (χ3n) is 4.16. The van der Waals surface area contributed by atoms with E-state index in [1.807, 2.05) is 17.0 Å². The first-order valence-electron chi connectivity index (χ1n) is 6.99. The number of carbonyl (C=O) groups excluding carboxylic acids is 1. The zero-order valence-corrected chi connectivity index (χ0v) is 12.1. The van der Waals surface area contributed by atoms with Crippen molar-refractivity contribution in [2.45, 2.75) is 31.4 Å². The van der Waals surface area contributed by atoms with Gasteiger partial charge in [-0.1, -0.05) is 24.4 Å². The van der Waals surface area contributed by atoms with Gasteiger partial charge in [0.1, 0.15) is 4.99 Å². The molecule has 1 aliphatic heterocycles. The van der Waals surface area contributed by atoms with Crippen LogP contribution in [0.2, 0.25) is 0 Å². The first-order valence-corrected chi connectivity index (χ1v) is 7.40. The molecule has 1 aromatic carbocycles. The number of ether oxygens (including phenoxy) is 1. The number of nitrogens with zero attached hydrogens (tertiary/aromatic N) is 1. The minimum Gasteiger partial charge on any atom is -0.389 e. The summed E-state index contributed by atoms with van der Waals surface area (Å²) in [6.45, 7) is 1.31. The third kappa shape index (κ3) is 2.43. The van der Waals surface area contributed by atoms with Crippen LogP contribution in [-0.2, 0) is 4.74 Å². The Kier molecular flexibility index (Phi) is 3.72. The number of rotatable bonds is 2. The summed E-state index contributed by atoms with van der Waals surface area (Å²) in [7, 11) is 0. The topological polar surface area (TPSA) is 55.6 Å². The SMILES string of the molecule is NC(=S)c1ccc(C(=O)N2CCOC3CCCC32)cc1. The van der Waals surface area contributed by atoms with Gasteiger partial charge < -0.3 is 15.4 Å². The summed E-state index contributed by atoms with van der Waals surface area (Å²) in [5, 5.41) is 0. The number of morpholine rings is 1. The molecule has 0 aromatic heterocycles. The van der Waals surface area contributed by atoms with Crippen LogP contribution in [0.1, 0.15) is 35.2 Å². The third-order valence-corrected chi connectivity index (χ3v) is 4.40. The second-order valence-electron chi connectivity index (χ2n) is 5.35. The molecule has 2 N–H and O–H groups in total. The highest BCUT2D eigenvalue weighted by molar-refractivity contribution is 7.80. The average molecular weight is 290 g/mol. The number of amides is 1. The summed E-state index contributed by atoms with van der Waals surface area (Å²) in [5.41, 5.74) is 7.05. The largest absolute Gasteiger partial charge is 0.389 e. The standard InChI is InChI=1S/C15H18N2O2S/c16-14(20)10-4-6-11(7-5-10)15(18)17-8-9-19-13-3-1-2-12(13)17/h4-7,12-13H,1-3,8-9H2,(H2,16,20). The van der Waals surface area contributed by atoms with Crippen LogP contribution in [-0.4, -0.2) is 41.1 Å². The van der Waals surface area contributed by atoms with Crippen LogP contribution in [0, 0.1) is 0 Å². The van der Waals surface area contributed by atoms with Crippen LogP contribution in [0.4, 0.5) is 0 Å². The maximum absolute atomic E-state index is 12.6. The van der Waals surface area contributed by atoms with E-state index in [4.69, 9.17) is 22.7 Å². The van der Waals surface area contributed by atoms with E-state index in [0.29, 0.717) is 23.7 Å². The molecule has 1 aliphatic carbocycles. The molecule has 0 spiro atoms. The molecular formula is C15H18N2O2S. The summed E-state index contributed by atoms with van der Waals surface area (Å²) in [4.78, 5) is 15.0. The van der Waals surface area contributed by atoms with Gasteiger partial charge in [-0.05, 0) is 31.4 Å². The van der Waals surface area contributed by atoms with Gasteiger partial charge in [0.05, 0.1) is 18.8 Å². The maximum Gasteiger partial charge on any atom is 0.254 e. The average Bonchev–Trinajstić information content (AvgIpc) is 2.95. The molecule has 0 radical (unpaired) electrons. The number of carbonyl (C=O) groups is 1. The van der Waals surface area contributed by atoms with E-state index in [2.05, 4.69) is 0 Å². The molecule has 1 saturated carbocycles. The number of nitrogens with two attached hydrogens (primary N) is 1. The highest BCUT2D eigenvalue weighted by atomic mass is 32.1. The quantitative estimate of drug-likeness (QED) is 0.843. The molecule has 0 bridgehead atoms. The highest BCUT2D eigenvalue weighted by Crippen LogP contribution is 2.30. The van der Waals surface area contributed by atoms with Crippen molar-refractivity contribution in [1.29, 1.82) is 0 Å². The van der Waals surface area contributed by atoms with E-state index >= 15 is 0 Å². The van der Waals surface area contributed by atoms with E-state index in [0.717, 1.165) is 24.8 Å². The molecule has 1 heterocycles. The predicted molar refractivity (Wildman–Crippen MR) is 80.7 cm³/mol. The number of benzene rings is 1. The van der Waals surface area contributed by atoms with Crippen molar-refractivity contribution in [3.8, 4) is 0 Å². The Bertz CT molecular complexity index is 529. The minimum absolute atomic E-state index is 0.0830. The molecular weight excluding hydrogens is 272 g/mol. The van der Waals surface area contributed by atoms with Crippen molar-refractivity contribution < 1.29 is 9.53 Å². The first-order chi connectivity index (χ1) is 9.66. The second kappa shape index (κ2) is 5.50. The minimum atomic E-state index is 0.0830. The lowest BCUT2D eigenvalue weighted by Gasteiger charge is -2.37. The lowest BCUT2D eigenvalue weighted by Crippen LogP contribution is -2.51. The molecule has 106 valence electrons. The second-order valence-corrected chi connectivity index (χ2v) is 5.79. The molecule has 1 saturated heterocycles. The number of hydrogen-bond acceptors (Lipinski definition) is 3. The van der Waals surface area contributed by atoms with Crippen molar-refractivity contribution in [3.63, 3.8) is 0 Å². The van der Waals surface area contributed by atoms with E-state index in [1.54, 1.807) is 12.1 Å². The maximum atomic E-state index is 12.6. The van der Waals surface area contributed by atoms with E-state index in [1.165, 1.54) is 0 Å². The molecule has 5 heteroatoms. The lowest BCUT2D eigenvalue weighted by molar-refractivity contribution is -0.0445. The Balaban J connectivity index is 1.79. The molecule has 2 unspecified atom stereocenters. The van der Waals surface area contributed by atoms with Gasteiger partial charge in [0.25, 0.3) is 5.91 Å². The smallest absolute Gasteiger partial charge is 0.254 e. The van der Waals surface area contributed by atoms with Crippen molar-refractivity contribution in [2.75, 3.05) is 13.2 Å². The van der Waals surface area contributed by atoms with Gasteiger partial charge in [-0.25, -0.2) is 0 Å². The van der Waals surface area contributed by atoms with Crippen molar-refractivity contribution >= 4 is 23.1 Å². The monoisotopic (exact) mass is 290 g/mol. The Hall–Kier alpha value is -1.46. The Morgan fingerprint density at radius 1 is 1.25 bits per heavy atom. The summed E-state index contributed by atoms with van der Waals surface area (Å²) >= 11 is 4.92. The summed E-state index contributed by atoms with van der Waals surface area (Å²) in [6, 6.07) is 7.46. The van der Waals surface area contributed by atoms with E-state index < -0.39 is 0 Å². The molecule has 1 amide bonds. The van der Waals surface area contributed by atoms with Gasteiger partial charge in [-0.15, -0.1) is 0 Å². The zero-order chi connectivity index (χ0) is 14.1. The van der Waals surface area contributed by atoms with Gasteiger partial charge in [0.2, 0.25) is 0 Å². The Morgan fingerprint density at radius 3 is 2.65 bits per heavy atom. The Morgan fingerprint density at radius 2 is 1.95 bits per heavy atom. The number of hydrogen-bond donors (Lipinski definition) is 1. The van der Waals surface area contributed by atoms with Crippen LogP contribution in [0.25, 0.3) is 0 Å². The lowest BCUT2D eigenvalue weighted by atomic mass is 10.1. The molecule has 2 aliphatic rings. The number of fused-ring (bicyclic) bond motifs is 1. The van der Waals surface area contributed by atoms with Crippen LogP contribution in [0.5, 0.6) is 0 Å². The van der Waals surface area contributed by atoms with Gasteiger partial charge in [0.15, 0.2) is 0 Å². The van der Waals surface area contributed by atoms with E-state index in [9.17, 15) is 4.79 Å². The summed E-state index contributed by atoms with van der Waals surface area (Å²) in [6.07, 6.45) is 3.47. The van der Waals surface area contributed by atoms with Gasteiger partial charge >= 0.3 is 0 Å². The molecule has 2 atom stereocenters. The van der Waals surface area contributed by atoms with Crippen LogP contribution >= 0.6 is 12.2 Å². The zero-order valence-electron chi connectivity index (χ0n) is 11.2. The number of thiocarbonyl (C=S) groups is 1. The van der Waals surface area contributed by atoms with Crippen LogP contribution in [0.15, 0.2) is 24.3 Å². The molecule has 2 fully saturated rings. The molecule has 1 aromatic rings. The summed E-state index contributed by atoms with van der Waals surface area (Å²) in [5.74, 6) is 0.0830. The van der Waals surface area contributed by atoms with Gasteiger partial charge in [-0.3, -0.25) is 4.79 Å². The van der Waals surface area contributed by atoms with Crippen LogP contribution < -0.4 is 5.73 Å². The first kappa shape index (κ1) is 13.5. The van der Waals surface area contributed by atoms with E-state index in [-0.39, 0.29) is 18.1 Å². The highest BCUT2D eigenvalue weighted by Gasteiger charge is 2.38. The van der Waals surface area contributed by atoms with Crippen molar-refractivity contribution in [3.05, 3.63) is 35.4 Å². The van der Waals surface area contributed by atoms with Gasteiger partial charge in [-0.2, -0.15) is 0 Å². The fraction of sp³-hybridized carbons (Fsp3) is 0.467. The molecule has 3 rings (SSSR count). The fourth-order valence-corrected chi connectivity index (χ4v) is 3.26. The molecule has 20 heavy (non-hydrogen) atoms. The van der Waals surface area contributed by atoms with Crippen LogP contribution in [0.3, 0.4) is 0 Å². The van der Waals surface area contributed by atoms with Crippen molar-refractivity contribution in [1.82, 2.24) is 4.90 Å². The predicted octanol–water partition coefficient (Wildman–Crippen LogP) is 1.71. The normalized spacial score (nSPS) is 25.3. The molecule has 4 nitrogen and oxygen atoms in total.